The number of benzene rings is 1. The second-order valence-corrected chi connectivity index (χ2v) is 3.64. The van der Waals surface area contributed by atoms with Crippen LogP contribution in [0.25, 0.3) is 0 Å². The molecule has 0 radical (unpaired) electrons. The lowest BCUT2D eigenvalue weighted by molar-refractivity contribution is 0.0405. The van der Waals surface area contributed by atoms with Gasteiger partial charge in [0.25, 0.3) is 0 Å². The van der Waals surface area contributed by atoms with Crippen molar-refractivity contribution in [1.29, 1.82) is 0 Å². The Balaban J connectivity index is 2.70. The minimum Gasteiger partial charge on any atom is -0.446 e. The summed E-state index contributed by atoms with van der Waals surface area (Å²) >= 11 is 5.72. The molecule has 0 amide bonds. The summed E-state index contributed by atoms with van der Waals surface area (Å²) in [7, 11) is 0. The number of esters is 1. The molecule has 0 fully saturated rings. The van der Waals surface area contributed by atoms with Crippen LogP contribution in [0.3, 0.4) is 0 Å². The molecular formula is C13H13ClO2. The molecule has 3 heteroatoms. The van der Waals surface area contributed by atoms with Crippen molar-refractivity contribution >= 4 is 17.6 Å². The van der Waals surface area contributed by atoms with Gasteiger partial charge in [-0.05, 0) is 37.6 Å². The van der Waals surface area contributed by atoms with E-state index in [-0.39, 0.29) is 12.1 Å². The normalized spacial score (nSPS) is 11.2. The van der Waals surface area contributed by atoms with Gasteiger partial charge in [0.05, 0.1) is 5.56 Å². The number of hydrogen-bond donors (Lipinski definition) is 0. The van der Waals surface area contributed by atoms with E-state index in [4.69, 9.17) is 16.3 Å². The van der Waals surface area contributed by atoms with Crippen molar-refractivity contribution in [2.45, 2.75) is 26.4 Å². The molecule has 0 heterocycles. The van der Waals surface area contributed by atoms with Gasteiger partial charge in [0, 0.05) is 5.02 Å². The fourth-order valence-electron chi connectivity index (χ4n) is 1.16. The zero-order valence-electron chi connectivity index (χ0n) is 9.29. The highest BCUT2D eigenvalue weighted by atomic mass is 35.5. The van der Waals surface area contributed by atoms with Crippen LogP contribution in [0.5, 0.6) is 0 Å². The highest BCUT2D eigenvalue weighted by Crippen LogP contribution is 2.11. The van der Waals surface area contributed by atoms with E-state index in [2.05, 4.69) is 11.8 Å². The standard InChI is InChI=1S/C13H13ClO2/c1-3-5-12(4-2)16-13(15)10-6-8-11(14)9-7-10/h6-9,12H,4H2,1-2H3. The van der Waals surface area contributed by atoms with Crippen molar-refractivity contribution in [2.24, 2.45) is 0 Å². The molecule has 1 aromatic rings. The Morgan fingerprint density at radius 1 is 1.44 bits per heavy atom. The van der Waals surface area contributed by atoms with Crippen molar-refractivity contribution in [1.82, 2.24) is 0 Å². The van der Waals surface area contributed by atoms with Crippen LogP contribution < -0.4 is 0 Å². The van der Waals surface area contributed by atoms with Crippen LogP contribution in [0.1, 0.15) is 30.6 Å². The quantitative estimate of drug-likeness (QED) is 0.595. The van der Waals surface area contributed by atoms with Crippen molar-refractivity contribution < 1.29 is 9.53 Å². The molecule has 1 atom stereocenters. The predicted molar refractivity (Wildman–Crippen MR) is 64.4 cm³/mol. The summed E-state index contributed by atoms with van der Waals surface area (Å²) in [6.45, 7) is 3.64. The minimum absolute atomic E-state index is 0.340. The van der Waals surface area contributed by atoms with E-state index in [9.17, 15) is 4.79 Å². The molecule has 0 aliphatic carbocycles. The highest BCUT2D eigenvalue weighted by molar-refractivity contribution is 6.30. The Morgan fingerprint density at radius 3 is 2.56 bits per heavy atom. The Bertz CT molecular complexity index is 412. The Hall–Kier alpha value is -1.46. The number of hydrogen-bond acceptors (Lipinski definition) is 2. The van der Waals surface area contributed by atoms with Gasteiger partial charge in [0.1, 0.15) is 0 Å². The number of carbonyl (C=O) groups excluding carboxylic acids is 1. The van der Waals surface area contributed by atoms with E-state index in [1.54, 1.807) is 31.2 Å². The van der Waals surface area contributed by atoms with E-state index in [1.807, 2.05) is 6.92 Å². The molecule has 0 spiro atoms. The van der Waals surface area contributed by atoms with E-state index >= 15 is 0 Å². The van der Waals surface area contributed by atoms with Crippen molar-refractivity contribution in [3.8, 4) is 11.8 Å². The number of ether oxygens (including phenoxy) is 1. The maximum Gasteiger partial charge on any atom is 0.339 e. The summed E-state index contributed by atoms with van der Waals surface area (Å²) < 4.78 is 5.21. The summed E-state index contributed by atoms with van der Waals surface area (Å²) in [5, 5.41) is 0.594. The predicted octanol–water partition coefficient (Wildman–Crippen LogP) is 3.30. The van der Waals surface area contributed by atoms with Gasteiger partial charge >= 0.3 is 5.97 Å². The largest absolute Gasteiger partial charge is 0.446 e. The first kappa shape index (κ1) is 12.6. The van der Waals surface area contributed by atoms with Gasteiger partial charge in [0.2, 0.25) is 0 Å². The van der Waals surface area contributed by atoms with Gasteiger partial charge in [-0.25, -0.2) is 4.79 Å². The molecule has 0 aliphatic heterocycles. The third-order valence-electron chi connectivity index (χ3n) is 2.01. The lowest BCUT2D eigenvalue weighted by Gasteiger charge is -2.09. The molecule has 84 valence electrons. The molecule has 0 N–H and O–H groups in total. The van der Waals surface area contributed by atoms with Crippen molar-refractivity contribution in [2.75, 3.05) is 0 Å². The molecule has 0 bridgehead atoms. The van der Waals surface area contributed by atoms with Gasteiger partial charge in [-0.15, -0.1) is 5.92 Å². The van der Waals surface area contributed by atoms with E-state index in [1.165, 1.54) is 0 Å². The van der Waals surface area contributed by atoms with Crippen molar-refractivity contribution in [3.63, 3.8) is 0 Å². The second-order valence-electron chi connectivity index (χ2n) is 3.20. The van der Waals surface area contributed by atoms with Crippen LogP contribution >= 0.6 is 11.6 Å². The lowest BCUT2D eigenvalue weighted by Crippen LogP contribution is -2.15. The minimum atomic E-state index is -0.369. The first-order valence-electron chi connectivity index (χ1n) is 5.06. The highest BCUT2D eigenvalue weighted by Gasteiger charge is 2.11. The maximum absolute atomic E-state index is 11.7. The Labute approximate surface area is 101 Å². The summed E-state index contributed by atoms with van der Waals surface area (Å²) in [6, 6.07) is 6.59. The molecule has 0 aromatic heterocycles. The molecule has 1 unspecified atom stereocenters. The first-order valence-corrected chi connectivity index (χ1v) is 5.44. The summed E-state index contributed by atoms with van der Waals surface area (Å²) in [5.41, 5.74) is 0.487. The van der Waals surface area contributed by atoms with Crippen LogP contribution in [-0.4, -0.2) is 12.1 Å². The maximum atomic E-state index is 11.7. The lowest BCUT2D eigenvalue weighted by atomic mass is 10.2. The van der Waals surface area contributed by atoms with Gasteiger partial charge in [-0.3, -0.25) is 0 Å². The molecule has 2 nitrogen and oxygen atoms in total. The SMILES string of the molecule is CC#CC(CC)OC(=O)c1ccc(Cl)cc1. The van der Waals surface area contributed by atoms with Gasteiger partial charge in [0.15, 0.2) is 6.10 Å². The second kappa shape index (κ2) is 6.19. The molecule has 0 saturated heterocycles. The Morgan fingerprint density at radius 2 is 2.06 bits per heavy atom. The average molecular weight is 237 g/mol. The zero-order chi connectivity index (χ0) is 12.0. The monoisotopic (exact) mass is 236 g/mol. The topological polar surface area (TPSA) is 26.3 Å². The van der Waals surface area contributed by atoms with Crippen LogP contribution in [0, 0.1) is 11.8 Å². The van der Waals surface area contributed by atoms with E-state index < -0.39 is 0 Å². The number of rotatable bonds is 3. The van der Waals surface area contributed by atoms with E-state index in [0.717, 1.165) is 0 Å². The third-order valence-corrected chi connectivity index (χ3v) is 2.26. The fourth-order valence-corrected chi connectivity index (χ4v) is 1.29. The first-order chi connectivity index (χ1) is 7.67. The van der Waals surface area contributed by atoms with Crippen molar-refractivity contribution in [3.05, 3.63) is 34.9 Å². The van der Waals surface area contributed by atoms with Gasteiger partial charge in [-0.2, -0.15) is 0 Å². The van der Waals surface area contributed by atoms with E-state index in [0.29, 0.717) is 17.0 Å². The summed E-state index contributed by atoms with van der Waals surface area (Å²) in [4.78, 5) is 11.7. The third kappa shape index (κ3) is 3.60. The Kier molecular flexibility index (Phi) is 4.88. The molecule has 1 aromatic carbocycles. The smallest absolute Gasteiger partial charge is 0.339 e. The zero-order valence-corrected chi connectivity index (χ0v) is 10.0. The fraction of sp³-hybridized carbons (Fsp3) is 0.308. The molecule has 0 aliphatic rings. The van der Waals surface area contributed by atoms with Crippen LogP contribution in [0.15, 0.2) is 24.3 Å². The number of carbonyl (C=O) groups is 1. The summed E-state index contributed by atoms with van der Waals surface area (Å²) in [5.74, 6) is 5.19. The average Bonchev–Trinajstić information content (AvgIpc) is 2.29. The molecule has 0 saturated carbocycles. The van der Waals surface area contributed by atoms with Gasteiger partial charge < -0.3 is 4.74 Å². The van der Waals surface area contributed by atoms with Crippen LogP contribution in [0.2, 0.25) is 5.02 Å². The summed E-state index contributed by atoms with van der Waals surface area (Å²) in [6.07, 6.45) is 0.341. The molecule has 16 heavy (non-hydrogen) atoms. The van der Waals surface area contributed by atoms with Gasteiger partial charge in [-0.1, -0.05) is 24.4 Å². The molecule has 1 rings (SSSR count). The van der Waals surface area contributed by atoms with Crippen LogP contribution in [0.4, 0.5) is 0 Å². The number of halogens is 1. The van der Waals surface area contributed by atoms with Crippen LogP contribution in [-0.2, 0) is 4.74 Å². The molecular weight excluding hydrogens is 224 g/mol.